The fraction of sp³-hybridized carbons (Fsp3) is 0.562. The molecule has 3 nitrogen and oxygen atoms in total. The number of carbonyl (C=O) groups is 1. The van der Waals surface area contributed by atoms with Crippen LogP contribution in [0, 0.1) is 5.82 Å². The van der Waals surface area contributed by atoms with Crippen molar-refractivity contribution in [3.8, 4) is 0 Å². The van der Waals surface area contributed by atoms with E-state index in [2.05, 4.69) is 5.32 Å². The highest BCUT2D eigenvalue weighted by Crippen LogP contribution is 2.41. The van der Waals surface area contributed by atoms with Crippen LogP contribution in [0.4, 0.5) is 4.39 Å². The fourth-order valence-corrected chi connectivity index (χ4v) is 3.21. The van der Waals surface area contributed by atoms with E-state index < -0.39 is 5.54 Å². The summed E-state index contributed by atoms with van der Waals surface area (Å²) in [5, 5.41) is 3.02. The fourth-order valence-electron chi connectivity index (χ4n) is 3.21. The van der Waals surface area contributed by atoms with Crippen molar-refractivity contribution in [2.24, 2.45) is 5.73 Å². The van der Waals surface area contributed by atoms with Gasteiger partial charge < -0.3 is 11.1 Å². The smallest absolute Gasteiger partial charge is 0.240 e. The van der Waals surface area contributed by atoms with Crippen molar-refractivity contribution in [3.05, 3.63) is 35.6 Å². The van der Waals surface area contributed by atoms with Gasteiger partial charge in [0.2, 0.25) is 5.91 Å². The van der Waals surface area contributed by atoms with Crippen molar-refractivity contribution < 1.29 is 9.18 Å². The van der Waals surface area contributed by atoms with Crippen molar-refractivity contribution in [3.63, 3.8) is 0 Å². The second-order valence-corrected chi connectivity index (χ2v) is 6.33. The van der Waals surface area contributed by atoms with E-state index in [4.69, 9.17) is 5.73 Å². The van der Waals surface area contributed by atoms with E-state index in [1.807, 2.05) is 12.1 Å². The summed E-state index contributed by atoms with van der Waals surface area (Å²) in [6.07, 6.45) is 5.94. The Bertz CT molecular complexity index is 502. The SMILES string of the molecule is NC1(C(=O)NCC2(c3ccc(F)cc3)CCCC2)CC1. The van der Waals surface area contributed by atoms with Crippen LogP contribution in [0.15, 0.2) is 24.3 Å². The lowest BCUT2D eigenvalue weighted by molar-refractivity contribution is -0.123. The normalized spacial score (nSPS) is 22.5. The van der Waals surface area contributed by atoms with Crippen LogP contribution in [0.25, 0.3) is 0 Å². The molecule has 0 unspecified atom stereocenters. The summed E-state index contributed by atoms with van der Waals surface area (Å²) in [7, 11) is 0. The van der Waals surface area contributed by atoms with Crippen LogP contribution in [0.5, 0.6) is 0 Å². The summed E-state index contributed by atoms with van der Waals surface area (Å²) in [5.74, 6) is -0.254. The summed E-state index contributed by atoms with van der Waals surface area (Å²) in [6, 6.07) is 6.70. The van der Waals surface area contributed by atoms with E-state index >= 15 is 0 Å². The molecule has 1 aromatic carbocycles. The summed E-state index contributed by atoms with van der Waals surface area (Å²) in [4.78, 5) is 12.0. The Hall–Kier alpha value is -1.42. The van der Waals surface area contributed by atoms with Gasteiger partial charge in [-0.3, -0.25) is 4.79 Å². The molecule has 1 aromatic rings. The van der Waals surface area contributed by atoms with Crippen molar-refractivity contribution in [2.45, 2.75) is 49.5 Å². The lowest BCUT2D eigenvalue weighted by atomic mass is 9.78. The first-order chi connectivity index (χ1) is 9.54. The molecule has 1 amide bonds. The lowest BCUT2D eigenvalue weighted by Crippen LogP contribution is -2.47. The molecule has 0 saturated heterocycles. The number of hydrogen-bond acceptors (Lipinski definition) is 2. The number of benzene rings is 1. The Morgan fingerprint density at radius 3 is 2.30 bits per heavy atom. The van der Waals surface area contributed by atoms with Gasteiger partial charge in [-0.1, -0.05) is 25.0 Å². The molecule has 0 spiro atoms. The van der Waals surface area contributed by atoms with Gasteiger partial charge in [-0.05, 0) is 43.4 Å². The van der Waals surface area contributed by atoms with Crippen molar-refractivity contribution in [2.75, 3.05) is 6.54 Å². The van der Waals surface area contributed by atoms with Crippen LogP contribution in [-0.2, 0) is 10.2 Å². The predicted molar refractivity (Wildman–Crippen MR) is 75.7 cm³/mol. The van der Waals surface area contributed by atoms with Crippen molar-refractivity contribution in [1.29, 1.82) is 0 Å². The third-order valence-corrected chi connectivity index (χ3v) is 4.85. The maximum atomic E-state index is 13.1. The van der Waals surface area contributed by atoms with Gasteiger partial charge in [-0.15, -0.1) is 0 Å². The van der Waals surface area contributed by atoms with Gasteiger partial charge in [-0.25, -0.2) is 4.39 Å². The molecule has 2 fully saturated rings. The van der Waals surface area contributed by atoms with Gasteiger partial charge in [0.15, 0.2) is 0 Å². The lowest BCUT2D eigenvalue weighted by Gasteiger charge is -2.30. The quantitative estimate of drug-likeness (QED) is 0.886. The maximum Gasteiger partial charge on any atom is 0.240 e. The predicted octanol–water partition coefficient (Wildman–Crippen LogP) is 2.25. The minimum atomic E-state index is -0.622. The second-order valence-electron chi connectivity index (χ2n) is 6.33. The average molecular weight is 276 g/mol. The number of halogens is 1. The molecule has 20 heavy (non-hydrogen) atoms. The number of hydrogen-bond donors (Lipinski definition) is 2. The summed E-state index contributed by atoms with van der Waals surface area (Å²) in [5.41, 5.74) is 6.37. The van der Waals surface area contributed by atoms with Crippen LogP contribution >= 0.6 is 0 Å². The zero-order chi connectivity index (χ0) is 14.2. The monoisotopic (exact) mass is 276 g/mol. The van der Waals surface area contributed by atoms with E-state index in [1.54, 1.807) is 0 Å². The minimum Gasteiger partial charge on any atom is -0.354 e. The minimum absolute atomic E-state index is 0.0362. The Balaban J connectivity index is 1.74. The third kappa shape index (κ3) is 2.44. The number of carbonyl (C=O) groups excluding carboxylic acids is 1. The zero-order valence-electron chi connectivity index (χ0n) is 11.6. The van der Waals surface area contributed by atoms with Gasteiger partial charge in [0.25, 0.3) is 0 Å². The topological polar surface area (TPSA) is 55.1 Å². The van der Waals surface area contributed by atoms with E-state index in [0.717, 1.165) is 44.1 Å². The zero-order valence-corrected chi connectivity index (χ0v) is 11.6. The summed E-state index contributed by atoms with van der Waals surface area (Å²) < 4.78 is 13.1. The first kappa shape index (κ1) is 13.6. The van der Waals surface area contributed by atoms with Gasteiger partial charge >= 0.3 is 0 Å². The number of amides is 1. The Labute approximate surface area is 118 Å². The first-order valence-corrected chi connectivity index (χ1v) is 7.37. The first-order valence-electron chi connectivity index (χ1n) is 7.37. The highest BCUT2D eigenvalue weighted by Gasteiger charge is 2.47. The van der Waals surface area contributed by atoms with Gasteiger partial charge in [0.1, 0.15) is 5.82 Å². The molecule has 0 bridgehead atoms. The highest BCUT2D eigenvalue weighted by molar-refractivity contribution is 5.89. The molecule has 108 valence electrons. The van der Waals surface area contributed by atoms with Crippen LogP contribution in [-0.4, -0.2) is 18.0 Å². The molecule has 3 N–H and O–H groups in total. The van der Waals surface area contributed by atoms with Gasteiger partial charge in [0.05, 0.1) is 5.54 Å². The summed E-state index contributed by atoms with van der Waals surface area (Å²) in [6.45, 7) is 0.608. The number of rotatable bonds is 4. The molecule has 2 aliphatic rings. The number of nitrogens with one attached hydrogen (secondary N) is 1. The molecular weight excluding hydrogens is 255 g/mol. The molecule has 0 aromatic heterocycles. The molecule has 0 aliphatic heterocycles. The van der Waals surface area contributed by atoms with E-state index in [-0.39, 0.29) is 17.1 Å². The molecule has 0 heterocycles. The Kier molecular flexibility index (Phi) is 3.28. The van der Waals surface area contributed by atoms with Crippen molar-refractivity contribution in [1.82, 2.24) is 5.32 Å². The molecule has 2 saturated carbocycles. The van der Waals surface area contributed by atoms with Crippen LogP contribution in [0.3, 0.4) is 0 Å². The van der Waals surface area contributed by atoms with Crippen molar-refractivity contribution >= 4 is 5.91 Å². The average Bonchev–Trinajstić information content (AvgIpc) is 3.03. The Morgan fingerprint density at radius 2 is 1.75 bits per heavy atom. The van der Waals surface area contributed by atoms with Crippen LogP contribution in [0.2, 0.25) is 0 Å². The molecule has 3 rings (SSSR count). The summed E-state index contributed by atoms with van der Waals surface area (Å²) >= 11 is 0. The van der Waals surface area contributed by atoms with Crippen LogP contribution < -0.4 is 11.1 Å². The maximum absolute atomic E-state index is 13.1. The van der Waals surface area contributed by atoms with E-state index in [0.29, 0.717) is 6.54 Å². The molecular formula is C16H21FN2O. The molecule has 0 atom stereocenters. The third-order valence-electron chi connectivity index (χ3n) is 4.85. The molecule has 4 heteroatoms. The van der Waals surface area contributed by atoms with Crippen LogP contribution in [0.1, 0.15) is 44.1 Å². The molecule has 0 radical (unpaired) electrons. The number of nitrogens with two attached hydrogens (primary N) is 1. The van der Waals surface area contributed by atoms with E-state index in [1.165, 1.54) is 12.1 Å². The van der Waals surface area contributed by atoms with Gasteiger partial charge in [-0.2, -0.15) is 0 Å². The highest BCUT2D eigenvalue weighted by atomic mass is 19.1. The van der Waals surface area contributed by atoms with E-state index in [9.17, 15) is 9.18 Å². The standard InChI is InChI=1S/C16H21FN2O/c17-13-5-3-12(4-6-13)15(7-1-2-8-15)11-19-14(20)16(18)9-10-16/h3-6H,1-2,7-11,18H2,(H,19,20). The molecule has 2 aliphatic carbocycles. The Morgan fingerprint density at radius 1 is 1.15 bits per heavy atom. The van der Waals surface area contributed by atoms with Gasteiger partial charge in [0, 0.05) is 12.0 Å². The second kappa shape index (κ2) is 4.85. The largest absolute Gasteiger partial charge is 0.354 e.